The smallest absolute Gasteiger partial charge is 0.171 e. The van der Waals surface area contributed by atoms with Crippen molar-refractivity contribution in [3.63, 3.8) is 0 Å². The van der Waals surface area contributed by atoms with E-state index in [1.54, 1.807) is 30.8 Å². The Balaban J connectivity index is 2.30. The van der Waals surface area contributed by atoms with Crippen molar-refractivity contribution in [2.24, 2.45) is 0 Å². The molecule has 1 unspecified atom stereocenters. The van der Waals surface area contributed by atoms with Crippen LogP contribution in [0.2, 0.25) is 0 Å². The zero-order valence-corrected chi connectivity index (χ0v) is 13.3. The molecular weight excluding hydrogens is 294 g/mol. The van der Waals surface area contributed by atoms with Gasteiger partial charge in [0.2, 0.25) is 0 Å². The van der Waals surface area contributed by atoms with Crippen molar-refractivity contribution in [2.45, 2.75) is 19.2 Å². The largest absolute Gasteiger partial charge is 0.353 e. The molecule has 0 aliphatic carbocycles. The molecule has 0 spiro atoms. The highest BCUT2D eigenvalue weighted by Gasteiger charge is 2.32. The Morgan fingerprint density at radius 2 is 2.00 bits per heavy atom. The van der Waals surface area contributed by atoms with Gasteiger partial charge in [-0.1, -0.05) is 6.92 Å². The summed E-state index contributed by atoms with van der Waals surface area (Å²) in [6, 6.07) is 7.19. The molecule has 0 aromatic heterocycles. The Labute approximate surface area is 124 Å². The molecule has 110 valence electrons. The average molecular weight is 313 g/mol. The molecule has 0 amide bonds. The molecule has 1 atom stereocenters. The monoisotopic (exact) mass is 313 g/mol. The van der Waals surface area contributed by atoms with Gasteiger partial charge in [-0.15, -0.1) is 0 Å². The second-order valence-corrected chi connectivity index (χ2v) is 8.37. The first kappa shape index (κ1) is 15.4. The molecule has 0 saturated carbocycles. The summed E-state index contributed by atoms with van der Waals surface area (Å²) >= 11 is 1.68. The lowest BCUT2D eigenvalue weighted by atomic mass is 10.1. The Kier molecular flexibility index (Phi) is 4.75. The quantitative estimate of drug-likeness (QED) is 0.798. The van der Waals surface area contributed by atoms with E-state index >= 15 is 0 Å². The molecule has 1 saturated heterocycles. The summed E-state index contributed by atoms with van der Waals surface area (Å²) in [7, 11) is -3.11. The summed E-state index contributed by atoms with van der Waals surface area (Å²) in [6.45, 7) is 3.93. The number of thioether (sulfide) groups is 1. The summed E-state index contributed by atoms with van der Waals surface area (Å²) < 4.78 is 24.4. The molecule has 4 nitrogen and oxygen atoms in total. The highest BCUT2D eigenvalue weighted by Crippen LogP contribution is 2.27. The van der Waals surface area contributed by atoms with E-state index in [-0.39, 0.29) is 11.5 Å². The van der Waals surface area contributed by atoms with E-state index in [2.05, 4.69) is 0 Å². The number of carbonyl (C=O) groups excluding carboxylic acids is 1. The lowest BCUT2D eigenvalue weighted by Crippen LogP contribution is -2.48. The van der Waals surface area contributed by atoms with Gasteiger partial charge >= 0.3 is 0 Å². The molecule has 20 heavy (non-hydrogen) atoms. The highest BCUT2D eigenvalue weighted by molar-refractivity contribution is 8.01. The first-order valence-electron chi connectivity index (χ1n) is 6.62. The fourth-order valence-electron chi connectivity index (χ4n) is 2.25. The molecule has 1 aromatic rings. The number of carbonyl (C=O) groups is 1. The van der Waals surface area contributed by atoms with Crippen molar-refractivity contribution in [1.29, 1.82) is 0 Å². The number of ketones is 1. The van der Waals surface area contributed by atoms with Gasteiger partial charge in [-0.05, 0) is 31.2 Å². The second kappa shape index (κ2) is 6.18. The highest BCUT2D eigenvalue weighted by atomic mass is 32.2. The van der Waals surface area contributed by atoms with Crippen LogP contribution < -0.4 is 4.90 Å². The van der Waals surface area contributed by atoms with Crippen molar-refractivity contribution >= 4 is 33.1 Å². The number of sulfone groups is 1. The molecule has 1 aliphatic heterocycles. The standard InChI is InChI=1S/C14H19NO3S2/c1-3-20(17,18)14-10-19-9-8-15(14)13-6-4-12(5-7-13)11(2)16/h4-7,14H,3,8-10H2,1-2H3. The fourth-order valence-corrected chi connectivity index (χ4v) is 5.25. The van der Waals surface area contributed by atoms with Gasteiger partial charge in [-0.2, -0.15) is 11.8 Å². The third-order valence-electron chi connectivity index (χ3n) is 3.51. The van der Waals surface area contributed by atoms with Crippen LogP contribution in [0.3, 0.4) is 0 Å². The number of hydrogen-bond acceptors (Lipinski definition) is 5. The summed E-state index contributed by atoms with van der Waals surface area (Å²) in [5.74, 6) is 1.69. The molecule has 0 radical (unpaired) electrons. The number of benzene rings is 1. The number of Topliss-reactive ketones (excluding diaryl/α,β-unsaturated/α-hetero) is 1. The van der Waals surface area contributed by atoms with Crippen LogP contribution in [0.1, 0.15) is 24.2 Å². The van der Waals surface area contributed by atoms with E-state index in [4.69, 9.17) is 0 Å². The van der Waals surface area contributed by atoms with Crippen molar-refractivity contribution < 1.29 is 13.2 Å². The van der Waals surface area contributed by atoms with Gasteiger partial charge in [0.1, 0.15) is 5.37 Å². The van der Waals surface area contributed by atoms with Crippen LogP contribution in [0.25, 0.3) is 0 Å². The predicted octanol–water partition coefficient (Wildman–Crippen LogP) is 2.20. The lowest BCUT2D eigenvalue weighted by molar-refractivity contribution is 0.101. The minimum absolute atomic E-state index is 0.0171. The molecule has 0 N–H and O–H groups in total. The molecule has 1 fully saturated rings. The van der Waals surface area contributed by atoms with Crippen molar-refractivity contribution in [3.8, 4) is 0 Å². The van der Waals surface area contributed by atoms with Gasteiger partial charge in [-0.3, -0.25) is 4.79 Å². The van der Waals surface area contributed by atoms with Crippen LogP contribution in [0.4, 0.5) is 5.69 Å². The SMILES string of the molecule is CCS(=O)(=O)C1CSCCN1c1ccc(C(C)=O)cc1. The first-order valence-corrected chi connectivity index (χ1v) is 9.49. The summed E-state index contributed by atoms with van der Waals surface area (Å²) in [5.41, 5.74) is 1.52. The number of nitrogens with zero attached hydrogens (tertiary/aromatic N) is 1. The summed E-state index contributed by atoms with van der Waals surface area (Å²) in [5, 5.41) is -0.463. The van der Waals surface area contributed by atoms with Crippen molar-refractivity contribution in [3.05, 3.63) is 29.8 Å². The zero-order valence-electron chi connectivity index (χ0n) is 11.7. The van der Waals surface area contributed by atoms with Gasteiger partial charge in [0.25, 0.3) is 0 Å². The van der Waals surface area contributed by atoms with E-state index in [0.717, 1.165) is 11.4 Å². The molecule has 1 aliphatic rings. The molecule has 1 heterocycles. The number of anilines is 1. The lowest BCUT2D eigenvalue weighted by Gasteiger charge is -2.36. The van der Waals surface area contributed by atoms with Gasteiger partial charge in [0.05, 0.1) is 0 Å². The Bertz CT molecular complexity index is 581. The van der Waals surface area contributed by atoms with Crippen LogP contribution in [0, 0.1) is 0 Å². The second-order valence-electron chi connectivity index (χ2n) is 4.78. The third-order valence-corrected chi connectivity index (χ3v) is 6.80. The number of hydrogen-bond donors (Lipinski definition) is 0. The van der Waals surface area contributed by atoms with Gasteiger partial charge in [-0.25, -0.2) is 8.42 Å². The van der Waals surface area contributed by atoms with Crippen molar-refractivity contribution in [1.82, 2.24) is 0 Å². The van der Waals surface area contributed by atoms with Crippen molar-refractivity contribution in [2.75, 3.05) is 28.7 Å². The predicted molar refractivity (Wildman–Crippen MR) is 84.4 cm³/mol. The normalized spacial score (nSPS) is 19.9. The minimum Gasteiger partial charge on any atom is -0.353 e. The Morgan fingerprint density at radius 1 is 1.35 bits per heavy atom. The minimum atomic E-state index is -3.11. The Hall–Kier alpha value is -1.01. The average Bonchev–Trinajstić information content (AvgIpc) is 2.47. The topological polar surface area (TPSA) is 54.5 Å². The Morgan fingerprint density at radius 3 is 2.55 bits per heavy atom. The van der Waals surface area contributed by atoms with E-state index < -0.39 is 15.2 Å². The summed E-state index contributed by atoms with van der Waals surface area (Å²) in [6.07, 6.45) is 0. The number of rotatable bonds is 4. The molecular formula is C14H19NO3S2. The molecule has 1 aromatic carbocycles. The van der Waals surface area contributed by atoms with E-state index in [1.807, 2.05) is 17.0 Å². The van der Waals surface area contributed by atoms with Crippen LogP contribution >= 0.6 is 11.8 Å². The van der Waals surface area contributed by atoms with Gasteiger partial charge in [0.15, 0.2) is 15.6 Å². The molecule has 0 bridgehead atoms. The van der Waals surface area contributed by atoms with Crippen LogP contribution in [0.15, 0.2) is 24.3 Å². The molecule has 6 heteroatoms. The maximum Gasteiger partial charge on any atom is 0.171 e. The van der Waals surface area contributed by atoms with Crippen LogP contribution in [0.5, 0.6) is 0 Å². The fraction of sp³-hybridized carbons (Fsp3) is 0.500. The van der Waals surface area contributed by atoms with E-state index in [9.17, 15) is 13.2 Å². The maximum absolute atomic E-state index is 12.2. The van der Waals surface area contributed by atoms with Crippen LogP contribution in [-0.2, 0) is 9.84 Å². The van der Waals surface area contributed by atoms with Crippen LogP contribution in [-0.4, -0.2) is 43.4 Å². The summed E-state index contributed by atoms with van der Waals surface area (Å²) in [4.78, 5) is 13.2. The maximum atomic E-state index is 12.2. The molecule has 2 rings (SSSR count). The van der Waals surface area contributed by atoms with E-state index in [0.29, 0.717) is 17.9 Å². The first-order chi connectivity index (χ1) is 9.45. The van der Waals surface area contributed by atoms with E-state index in [1.165, 1.54) is 6.92 Å². The van der Waals surface area contributed by atoms with Gasteiger partial charge in [0, 0.05) is 35.1 Å². The third kappa shape index (κ3) is 3.17. The van der Waals surface area contributed by atoms with Gasteiger partial charge < -0.3 is 4.90 Å². The zero-order chi connectivity index (χ0) is 14.8.